The molecule has 0 saturated carbocycles. The van der Waals surface area contributed by atoms with Crippen LogP contribution < -0.4 is 5.32 Å². The molecule has 1 aromatic heterocycles. The van der Waals surface area contributed by atoms with Crippen LogP contribution >= 0.6 is 0 Å². The first-order chi connectivity index (χ1) is 18.0. The second-order valence-electron chi connectivity index (χ2n) is 10.0. The Labute approximate surface area is 219 Å². The molecule has 1 fully saturated rings. The molecule has 37 heavy (non-hydrogen) atoms. The zero-order chi connectivity index (χ0) is 25.8. The highest BCUT2D eigenvalue weighted by Gasteiger charge is 2.18. The first-order valence-corrected chi connectivity index (χ1v) is 13.5. The van der Waals surface area contributed by atoms with Crippen LogP contribution in [0.25, 0.3) is 21.8 Å². The van der Waals surface area contributed by atoms with Gasteiger partial charge in [0.25, 0.3) is 0 Å². The molecule has 1 aliphatic heterocycles. The van der Waals surface area contributed by atoms with Gasteiger partial charge in [-0.25, -0.2) is 4.79 Å². The van der Waals surface area contributed by atoms with Crippen LogP contribution in [0.5, 0.6) is 0 Å². The van der Waals surface area contributed by atoms with E-state index in [0.29, 0.717) is 13.1 Å². The molecular formula is C31H38N4O2. The van der Waals surface area contributed by atoms with Gasteiger partial charge in [-0.05, 0) is 62.1 Å². The Bertz CT molecular complexity index is 1370. The largest absolute Gasteiger partial charge is 0.379 e. The first kappa shape index (κ1) is 25.3. The third kappa shape index (κ3) is 5.50. The number of nitrogens with one attached hydrogen (secondary N) is 1. The molecule has 6 nitrogen and oxygen atoms in total. The van der Waals surface area contributed by atoms with Crippen LogP contribution in [0.3, 0.4) is 0 Å². The van der Waals surface area contributed by atoms with Crippen LogP contribution in [0.4, 0.5) is 10.5 Å². The Hall–Kier alpha value is -3.35. The van der Waals surface area contributed by atoms with Crippen LogP contribution in [-0.4, -0.2) is 59.8 Å². The maximum Gasteiger partial charge on any atom is 0.322 e. The van der Waals surface area contributed by atoms with E-state index in [1.54, 1.807) is 0 Å². The van der Waals surface area contributed by atoms with Gasteiger partial charge in [0.05, 0.1) is 13.2 Å². The SMILES string of the molecule is CCn1c2ccccc2c2cc(CN(CCCN3CCOCC3)C(=O)Nc3c(C)cccc3C)ccc21. The number of urea groups is 1. The van der Waals surface area contributed by atoms with Crippen LogP contribution in [0.15, 0.2) is 60.7 Å². The maximum absolute atomic E-state index is 13.6. The Balaban J connectivity index is 1.40. The minimum atomic E-state index is -0.0459. The predicted octanol–water partition coefficient (Wildman–Crippen LogP) is 6.19. The number of morpholine rings is 1. The Morgan fingerprint density at radius 1 is 0.946 bits per heavy atom. The van der Waals surface area contributed by atoms with Gasteiger partial charge in [0, 0.05) is 66.8 Å². The van der Waals surface area contributed by atoms with Gasteiger partial charge in [-0.1, -0.05) is 42.5 Å². The number of anilines is 1. The molecule has 0 radical (unpaired) electrons. The summed E-state index contributed by atoms with van der Waals surface area (Å²) in [4.78, 5) is 18.0. The third-order valence-corrected chi connectivity index (χ3v) is 7.53. The lowest BCUT2D eigenvalue weighted by molar-refractivity contribution is 0.0365. The monoisotopic (exact) mass is 498 g/mol. The highest BCUT2D eigenvalue weighted by molar-refractivity contribution is 6.08. The number of aromatic nitrogens is 1. The molecule has 2 heterocycles. The first-order valence-electron chi connectivity index (χ1n) is 13.5. The van der Waals surface area contributed by atoms with E-state index in [2.05, 4.69) is 64.2 Å². The molecule has 3 aromatic carbocycles. The number of hydrogen-bond donors (Lipinski definition) is 1. The zero-order valence-electron chi connectivity index (χ0n) is 22.3. The quantitative estimate of drug-likeness (QED) is 0.315. The molecule has 1 saturated heterocycles. The van der Waals surface area contributed by atoms with Crippen molar-refractivity contribution in [2.24, 2.45) is 0 Å². The highest BCUT2D eigenvalue weighted by Crippen LogP contribution is 2.30. The molecule has 1 aliphatic rings. The van der Waals surface area contributed by atoms with Crippen LogP contribution in [0.1, 0.15) is 30.0 Å². The Kier molecular flexibility index (Phi) is 7.77. The fraction of sp³-hybridized carbons (Fsp3) is 0.387. The number of ether oxygens (including phenoxy) is 1. The molecule has 0 unspecified atom stereocenters. The topological polar surface area (TPSA) is 49.7 Å². The van der Waals surface area contributed by atoms with Crippen LogP contribution in [-0.2, 0) is 17.8 Å². The number of aryl methyl sites for hydroxylation is 3. The van der Waals surface area contributed by atoms with Gasteiger partial charge in [0.2, 0.25) is 0 Å². The molecule has 0 atom stereocenters. The van der Waals surface area contributed by atoms with E-state index in [0.717, 1.165) is 68.2 Å². The fourth-order valence-corrected chi connectivity index (χ4v) is 5.52. The molecular weight excluding hydrogens is 460 g/mol. The van der Waals surface area contributed by atoms with E-state index in [-0.39, 0.29) is 6.03 Å². The third-order valence-electron chi connectivity index (χ3n) is 7.53. The van der Waals surface area contributed by atoms with Crippen molar-refractivity contribution in [3.8, 4) is 0 Å². The van der Waals surface area contributed by atoms with E-state index < -0.39 is 0 Å². The van der Waals surface area contributed by atoms with E-state index in [1.165, 1.54) is 21.8 Å². The molecule has 0 aliphatic carbocycles. The van der Waals surface area contributed by atoms with Gasteiger partial charge in [0.15, 0.2) is 0 Å². The summed E-state index contributed by atoms with van der Waals surface area (Å²) in [6.45, 7) is 13.0. The van der Waals surface area contributed by atoms with Crippen molar-refractivity contribution in [1.29, 1.82) is 0 Å². The normalized spacial score (nSPS) is 14.4. The number of nitrogens with zero attached hydrogens (tertiary/aromatic N) is 3. The van der Waals surface area contributed by atoms with Gasteiger partial charge in [-0.2, -0.15) is 0 Å². The summed E-state index contributed by atoms with van der Waals surface area (Å²) in [5, 5.41) is 5.73. The summed E-state index contributed by atoms with van der Waals surface area (Å²) < 4.78 is 7.85. The summed E-state index contributed by atoms with van der Waals surface area (Å²) in [5.74, 6) is 0. The Morgan fingerprint density at radius 2 is 1.68 bits per heavy atom. The predicted molar refractivity (Wildman–Crippen MR) is 152 cm³/mol. The summed E-state index contributed by atoms with van der Waals surface area (Å²) >= 11 is 0. The lowest BCUT2D eigenvalue weighted by Crippen LogP contribution is -2.40. The van der Waals surface area contributed by atoms with Crippen molar-refractivity contribution in [3.63, 3.8) is 0 Å². The lowest BCUT2D eigenvalue weighted by atomic mass is 10.1. The number of rotatable bonds is 8. The molecule has 194 valence electrons. The van der Waals surface area contributed by atoms with Crippen LogP contribution in [0.2, 0.25) is 0 Å². The van der Waals surface area contributed by atoms with E-state index in [1.807, 2.05) is 36.9 Å². The summed E-state index contributed by atoms with van der Waals surface area (Å²) in [6.07, 6.45) is 0.928. The standard InChI is InChI=1S/C31H38N4O2/c1-4-35-28-12-6-5-11-26(28)27-21-25(13-14-29(27)35)22-34(16-8-15-33-17-19-37-20-18-33)31(36)32-30-23(2)9-7-10-24(30)3/h5-7,9-14,21H,4,8,15-20,22H2,1-3H3,(H,32,36). The van der Waals surface area contributed by atoms with Crippen molar-refractivity contribution in [3.05, 3.63) is 77.4 Å². The van der Waals surface area contributed by atoms with Gasteiger partial charge in [-0.3, -0.25) is 4.90 Å². The summed E-state index contributed by atoms with van der Waals surface area (Å²) in [5.41, 5.74) is 6.71. The van der Waals surface area contributed by atoms with Gasteiger partial charge >= 0.3 is 6.03 Å². The van der Waals surface area contributed by atoms with Gasteiger partial charge in [0.1, 0.15) is 0 Å². The Morgan fingerprint density at radius 3 is 2.43 bits per heavy atom. The number of benzene rings is 3. The van der Waals surface area contributed by atoms with Crippen molar-refractivity contribution >= 4 is 33.5 Å². The van der Waals surface area contributed by atoms with E-state index in [4.69, 9.17) is 4.74 Å². The number of carbonyl (C=O) groups excluding carboxylic acids is 1. The van der Waals surface area contributed by atoms with Gasteiger partial charge < -0.3 is 19.5 Å². The maximum atomic E-state index is 13.6. The molecule has 2 amide bonds. The number of amides is 2. The van der Waals surface area contributed by atoms with Crippen molar-refractivity contribution in [2.45, 2.75) is 40.3 Å². The molecule has 1 N–H and O–H groups in total. The van der Waals surface area contributed by atoms with Gasteiger partial charge in [-0.15, -0.1) is 0 Å². The molecule has 5 rings (SSSR count). The van der Waals surface area contributed by atoms with E-state index in [9.17, 15) is 4.79 Å². The number of carbonyl (C=O) groups is 1. The second kappa shape index (κ2) is 11.4. The van der Waals surface area contributed by atoms with Crippen molar-refractivity contribution < 1.29 is 9.53 Å². The molecule has 0 spiro atoms. The van der Waals surface area contributed by atoms with Crippen LogP contribution in [0, 0.1) is 13.8 Å². The summed E-state index contributed by atoms with van der Waals surface area (Å²) in [6, 6.07) is 21.3. The summed E-state index contributed by atoms with van der Waals surface area (Å²) in [7, 11) is 0. The number of hydrogen-bond acceptors (Lipinski definition) is 3. The lowest BCUT2D eigenvalue weighted by Gasteiger charge is -2.29. The number of fused-ring (bicyclic) bond motifs is 3. The fourth-order valence-electron chi connectivity index (χ4n) is 5.52. The average molecular weight is 499 g/mol. The van der Waals surface area contributed by atoms with Crippen molar-refractivity contribution in [2.75, 3.05) is 44.7 Å². The molecule has 6 heteroatoms. The average Bonchev–Trinajstić information content (AvgIpc) is 3.23. The van der Waals surface area contributed by atoms with E-state index >= 15 is 0 Å². The zero-order valence-corrected chi connectivity index (χ0v) is 22.3. The minimum absolute atomic E-state index is 0.0459. The number of para-hydroxylation sites is 2. The second-order valence-corrected chi connectivity index (χ2v) is 10.0. The molecule has 4 aromatic rings. The highest BCUT2D eigenvalue weighted by atomic mass is 16.5. The van der Waals surface area contributed by atoms with Crippen molar-refractivity contribution in [1.82, 2.24) is 14.4 Å². The minimum Gasteiger partial charge on any atom is -0.379 e. The smallest absolute Gasteiger partial charge is 0.322 e. The molecule has 0 bridgehead atoms.